The van der Waals surface area contributed by atoms with Gasteiger partial charge in [-0.15, -0.1) is 0 Å². The number of ether oxygens (including phenoxy) is 1. The fourth-order valence-electron chi connectivity index (χ4n) is 2.01. The van der Waals surface area contributed by atoms with E-state index in [-0.39, 0.29) is 6.23 Å². The van der Waals surface area contributed by atoms with Crippen molar-refractivity contribution in [2.24, 2.45) is 0 Å². The van der Waals surface area contributed by atoms with Crippen LogP contribution in [0, 0.1) is 0 Å². The monoisotopic (exact) mass is 219 g/mol. The third kappa shape index (κ3) is 1.42. The Kier molecular flexibility index (Phi) is 2.21. The van der Waals surface area contributed by atoms with Crippen LogP contribution in [0.2, 0.25) is 0 Å². The lowest BCUT2D eigenvalue weighted by Crippen LogP contribution is -2.19. The Morgan fingerprint density at radius 3 is 3.12 bits per heavy atom. The van der Waals surface area contributed by atoms with E-state index in [1.807, 2.05) is 0 Å². The first kappa shape index (κ1) is 9.53. The van der Waals surface area contributed by atoms with Crippen LogP contribution in [-0.4, -0.2) is 26.4 Å². The molecule has 0 radical (unpaired) electrons. The van der Waals surface area contributed by atoms with Crippen LogP contribution in [0.4, 0.5) is 5.82 Å². The van der Waals surface area contributed by atoms with Crippen LogP contribution in [0.3, 0.4) is 0 Å². The fraction of sp³-hybridized carbons (Fsp3) is 0.500. The predicted molar refractivity (Wildman–Crippen MR) is 58.6 cm³/mol. The highest BCUT2D eigenvalue weighted by atomic mass is 16.5. The van der Waals surface area contributed by atoms with Crippen molar-refractivity contribution in [3.05, 3.63) is 12.5 Å². The van der Waals surface area contributed by atoms with Crippen LogP contribution in [0.15, 0.2) is 12.5 Å². The summed E-state index contributed by atoms with van der Waals surface area (Å²) in [6, 6.07) is 0. The number of hydrogen-bond donors (Lipinski definition) is 1. The summed E-state index contributed by atoms with van der Waals surface area (Å²) < 4.78 is 7.47. The average Bonchev–Trinajstić information content (AvgIpc) is 2.75. The summed E-state index contributed by atoms with van der Waals surface area (Å²) in [5.74, 6) is 0.465. The van der Waals surface area contributed by atoms with E-state index in [1.54, 1.807) is 10.9 Å². The van der Waals surface area contributed by atoms with E-state index in [0.717, 1.165) is 36.9 Å². The third-order valence-electron chi connectivity index (χ3n) is 2.85. The molecule has 3 rings (SSSR count). The predicted octanol–water partition coefficient (Wildman–Crippen LogP) is 1.11. The van der Waals surface area contributed by atoms with E-state index in [0.29, 0.717) is 5.82 Å². The number of nitrogens with zero attached hydrogens (tertiary/aromatic N) is 4. The number of aromatic nitrogens is 4. The topological polar surface area (TPSA) is 78.9 Å². The molecule has 0 aliphatic carbocycles. The molecule has 6 nitrogen and oxygen atoms in total. The van der Waals surface area contributed by atoms with Gasteiger partial charge in [-0.05, 0) is 19.3 Å². The number of rotatable bonds is 1. The number of nitrogens with two attached hydrogens (primary N) is 1. The zero-order valence-corrected chi connectivity index (χ0v) is 8.83. The molecular weight excluding hydrogens is 206 g/mol. The molecule has 2 aromatic heterocycles. The lowest BCUT2D eigenvalue weighted by atomic mass is 10.2. The van der Waals surface area contributed by atoms with Crippen molar-refractivity contribution in [2.75, 3.05) is 12.3 Å². The van der Waals surface area contributed by atoms with Crippen molar-refractivity contribution in [3.63, 3.8) is 0 Å². The molecule has 84 valence electrons. The lowest BCUT2D eigenvalue weighted by Gasteiger charge is -2.22. The lowest BCUT2D eigenvalue weighted by molar-refractivity contribution is -0.0370. The number of fused-ring (bicyclic) bond motifs is 1. The number of hydrogen-bond acceptors (Lipinski definition) is 5. The second kappa shape index (κ2) is 3.71. The Hall–Kier alpha value is -1.69. The first-order chi connectivity index (χ1) is 7.86. The van der Waals surface area contributed by atoms with Crippen molar-refractivity contribution in [2.45, 2.75) is 25.5 Å². The van der Waals surface area contributed by atoms with Gasteiger partial charge in [-0.25, -0.2) is 14.6 Å². The van der Waals surface area contributed by atoms with Gasteiger partial charge in [0.2, 0.25) is 0 Å². The van der Waals surface area contributed by atoms with Crippen molar-refractivity contribution < 1.29 is 4.74 Å². The van der Waals surface area contributed by atoms with Crippen LogP contribution in [0.1, 0.15) is 25.5 Å². The Morgan fingerprint density at radius 1 is 1.38 bits per heavy atom. The zero-order valence-electron chi connectivity index (χ0n) is 8.83. The molecule has 1 fully saturated rings. The van der Waals surface area contributed by atoms with Crippen LogP contribution in [0.5, 0.6) is 0 Å². The van der Waals surface area contributed by atoms with Gasteiger partial charge in [0, 0.05) is 6.61 Å². The van der Waals surface area contributed by atoms with Crippen LogP contribution < -0.4 is 5.73 Å². The second-order valence-corrected chi connectivity index (χ2v) is 3.91. The normalized spacial score (nSPS) is 21.4. The minimum absolute atomic E-state index is 0.0134. The minimum Gasteiger partial charge on any atom is -0.383 e. The Bertz CT molecular complexity index is 503. The van der Waals surface area contributed by atoms with Gasteiger partial charge in [0.1, 0.15) is 12.1 Å². The maximum atomic E-state index is 5.75. The van der Waals surface area contributed by atoms with E-state index < -0.39 is 0 Å². The summed E-state index contributed by atoms with van der Waals surface area (Å²) in [4.78, 5) is 8.14. The molecule has 1 atom stereocenters. The van der Waals surface area contributed by atoms with Crippen molar-refractivity contribution in [1.82, 2.24) is 19.7 Å². The first-order valence-corrected chi connectivity index (χ1v) is 5.41. The molecule has 2 aromatic rings. The van der Waals surface area contributed by atoms with Crippen molar-refractivity contribution in [1.29, 1.82) is 0 Å². The van der Waals surface area contributed by atoms with Crippen LogP contribution in [0.25, 0.3) is 11.0 Å². The SMILES string of the molecule is Nc1ncnc2c1cnn2[C@@H]1CCCCO1. The molecule has 1 saturated heterocycles. The quantitative estimate of drug-likeness (QED) is 0.777. The highest BCUT2D eigenvalue weighted by Crippen LogP contribution is 2.26. The van der Waals surface area contributed by atoms with Crippen molar-refractivity contribution in [3.8, 4) is 0 Å². The summed E-state index contributed by atoms with van der Waals surface area (Å²) in [6.45, 7) is 0.784. The van der Waals surface area contributed by atoms with Gasteiger partial charge in [0.25, 0.3) is 0 Å². The first-order valence-electron chi connectivity index (χ1n) is 5.41. The minimum atomic E-state index is -0.0134. The van der Waals surface area contributed by atoms with E-state index in [2.05, 4.69) is 15.1 Å². The van der Waals surface area contributed by atoms with Crippen molar-refractivity contribution >= 4 is 16.9 Å². The molecule has 0 amide bonds. The maximum absolute atomic E-state index is 5.75. The fourth-order valence-corrected chi connectivity index (χ4v) is 2.01. The largest absolute Gasteiger partial charge is 0.383 e. The van der Waals surface area contributed by atoms with Gasteiger partial charge in [0.05, 0.1) is 11.6 Å². The molecule has 2 N–H and O–H groups in total. The number of nitrogen functional groups attached to an aromatic ring is 1. The third-order valence-corrected chi connectivity index (χ3v) is 2.85. The Morgan fingerprint density at radius 2 is 2.31 bits per heavy atom. The van der Waals surface area contributed by atoms with Gasteiger partial charge >= 0.3 is 0 Å². The van der Waals surface area contributed by atoms with E-state index in [9.17, 15) is 0 Å². The van der Waals surface area contributed by atoms with Gasteiger partial charge in [-0.3, -0.25) is 0 Å². The average molecular weight is 219 g/mol. The molecule has 16 heavy (non-hydrogen) atoms. The van der Waals surface area contributed by atoms with Gasteiger partial charge in [-0.2, -0.15) is 5.10 Å². The van der Waals surface area contributed by atoms with Crippen LogP contribution >= 0.6 is 0 Å². The zero-order chi connectivity index (χ0) is 11.0. The second-order valence-electron chi connectivity index (χ2n) is 3.91. The number of anilines is 1. The molecule has 3 heterocycles. The van der Waals surface area contributed by atoms with Gasteiger partial charge < -0.3 is 10.5 Å². The van der Waals surface area contributed by atoms with E-state index >= 15 is 0 Å². The molecule has 0 bridgehead atoms. The molecule has 0 saturated carbocycles. The van der Waals surface area contributed by atoms with E-state index in [1.165, 1.54) is 6.33 Å². The summed E-state index contributed by atoms with van der Waals surface area (Å²) in [5.41, 5.74) is 6.50. The molecule has 0 aromatic carbocycles. The Labute approximate surface area is 92.4 Å². The highest BCUT2D eigenvalue weighted by Gasteiger charge is 2.19. The smallest absolute Gasteiger partial charge is 0.165 e. The van der Waals surface area contributed by atoms with Gasteiger partial charge in [-0.1, -0.05) is 0 Å². The highest BCUT2D eigenvalue weighted by molar-refractivity contribution is 5.84. The molecule has 6 heteroatoms. The Balaban J connectivity index is 2.06. The van der Waals surface area contributed by atoms with Crippen LogP contribution in [-0.2, 0) is 4.74 Å². The molecular formula is C10H13N5O. The molecule has 1 aliphatic rings. The van der Waals surface area contributed by atoms with E-state index in [4.69, 9.17) is 10.5 Å². The molecule has 0 unspecified atom stereocenters. The summed E-state index contributed by atoms with van der Waals surface area (Å²) in [6.07, 6.45) is 6.39. The summed E-state index contributed by atoms with van der Waals surface area (Å²) in [5, 5.41) is 5.08. The van der Waals surface area contributed by atoms with Gasteiger partial charge in [0.15, 0.2) is 11.9 Å². The molecule has 0 spiro atoms. The maximum Gasteiger partial charge on any atom is 0.165 e. The summed E-state index contributed by atoms with van der Waals surface area (Å²) >= 11 is 0. The standard InChI is InChI=1S/C10H13N5O/c11-9-7-5-14-15(10(7)13-6-12-9)8-3-1-2-4-16-8/h5-6,8H,1-4H2,(H2,11,12,13)/t8-/m0/s1. The molecule has 1 aliphatic heterocycles. The summed E-state index contributed by atoms with van der Waals surface area (Å²) in [7, 11) is 0.